The van der Waals surface area contributed by atoms with Crippen LogP contribution in [0.5, 0.6) is 0 Å². The molecule has 0 spiro atoms. The summed E-state index contributed by atoms with van der Waals surface area (Å²) in [5.41, 5.74) is 1.28. The van der Waals surface area contributed by atoms with Crippen LogP contribution >= 0.6 is 27.3 Å². The number of benzene rings is 1. The molecule has 1 aromatic heterocycles. The van der Waals surface area contributed by atoms with Crippen LogP contribution in [0.1, 0.15) is 34.1 Å². The molecule has 1 atom stereocenters. The molecule has 2 heterocycles. The molecule has 1 amide bonds. The van der Waals surface area contributed by atoms with Crippen molar-refractivity contribution in [3.63, 3.8) is 0 Å². The lowest BCUT2D eigenvalue weighted by Gasteiger charge is -2.28. The van der Waals surface area contributed by atoms with Gasteiger partial charge in [0, 0.05) is 6.54 Å². The van der Waals surface area contributed by atoms with Crippen LogP contribution in [0.25, 0.3) is 0 Å². The summed E-state index contributed by atoms with van der Waals surface area (Å²) >= 11 is 4.87. The standard InChI is InChI=1S/C17H19BrN2OS/c18-16-9-8-15(22-16)17(21)19-12-14(20-10-4-5-11-20)13-6-2-1-3-7-13/h1-3,6-9,14H,4-5,10-12H2,(H,19,21)/t14-/m1/s1. The molecule has 5 heteroatoms. The van der Waals surface area contributed by atoms with Gasteiger partial charge in [-0.3, -0.25) is 9.69 Å². The van der Waals surface area contributed by atoms with Gasteiger partial charge in [-0.1, -0.05) is 30.3 Å². The zero-order valence-corrected chi connectivity index (χ0v) is 14.7. The number of nitrogens with one attached hydrogen (secondary N) is 1. The highest BCUT2D eigenvalue weighted by molar-refractivity contribution is 9.11. The molecule has 0 unspecified atom stereocenters. The average Bonchev–Trinajstić information content (AvgIpc) is 3.20. The molecule has 1 saturated heterocycles. The van der Waals surface area contributed by atoms with Gasteiger partial charge >= 0.3 is 0 Å². The lowest BCUT2D eigenvalue weighted by molar-refractivity contribution is 0.0942. The van der Waals surface area contributed by atoms with E-state index in [0.717, 1.165) is 21.8 Å². The molecule has 0 radical (unpaired) electrons. The Morgan fingerprint density at radius 2 is 1.91 bits per heavy atom. The smallest absolute Gasteiger partial charge is 0.261 e. The van der Waals surface area contributed by atoms with E-state index in [-0.39, 0.29) is 11.9 Å². The molecule has 0 saturated carbocycles. The van der Waals surface area contributed by atoms with Crippen LogP contribution in [0.15, 0.2) is 46.3 Å². The Hall–Kier alpha value is -1.17. The molecule has 2 aromatic rings. The molecule has 0 bridgehead atoms. The average molecular weight is 379 g/mol. The third kappa shape index (κ3) is 3.77. The minimum absolute atomic E-state index is 0.0100. The molecule has 0 aliphatic carbocycles. The van der Waals surface area contributed by atoms with Crippen molar-refractivity contribution >= 4 is 33.2 Å². The Kier molecular flexibility index (Phi) is 5.28. The molecule has 1 aromatic carbocycles. The summed E-state index contributed by atoms with van der Waals surface area (Å²) in [5, 5.41) is 3.10. The van der Waals surface area contributed by atoms with E-state index in [0.29, 0.717) is 6.54 Å². The van der Waals surface area contributed by atoms with Crippen molar-refractivity contribution < 1.29 is 4.79 Å². The van der Waals surface area contributed by atoms with E-state index in [1.165, 1.54) is 29.7 Å². The van der Waals surface area contributed by atoms with Gasteiger partial charge in [0.25, 0.3) is 5.91 Å². The summed E-state index contributed by atoms with van der Waals surface area (Å²) < 4.78 is 0.983. The van der Waals surface area contributed by atoms with Gasteiger partial charge in [-0.2, -0.15) is 0 Å². The second kappa shape index (κ2) is 7.40. The number of carbonyl (C=O) groups excluding carboxylic acids is 1. The zero-order valence-electron chi connectivity index (χ0n) is 12.3. The second-order valence-corrected chi connectivity index (χ2v) is 7.95. The predicted octanol–water partition coefficient (Wildman–Crippen LogP) is 4.08. The minimum Gasteiger partial charge on any atom is -0.349 e. The van der Waals surface area contributed by atoms with E-state index < -0.39 is 0 Å². The van der Waals surface area contributed by atoms with Gasteiger partial charge in [0.2, 0.25) is 0 Å². The number of halogens is 1. The molecular formula is C17H19BrN2OS. The Morgan fingerprint density at radius 3 is 2.55 bits per heavy atom. The van der Waals surface area contributed by atoms with Crippen LogP contribution in [-0.2, 0) is 0 Å². The number of amides is 1. The SMILES string of the molecule is O=C(NC[C@H](c1ccccc1)N1CCCC1)c1ccc(Br)s1. The third-order valence-electron chi connectivity index (χ3n) is 4.02. The molecule has 1 aliphatic heterocycles. The van der Waals surface area contributed by atoms with Gasteiger partial charge in [-0.25, -0.2) is 0 Å². The topological polar surface area (TPSA) is 32.3 Å². The fourth-order valence-electron chi connectivity index (χ4n) is 2.90. The molecular weight excluding hydrogens is 360 g/mol. The van der Waals surface area contributed by atoms with Gasteiger partial charge in [0.15, 0.2) is 0 Å². The molecule has 3 nitrogen and oxygen atoms in total. The monoisotopic (exact) mass is 378 g/mol. The summed E-state index contributed by atoms with van der Waals surface area (Å²) in [4.78, 5) is 15.5. The molecule has 22 heavy (non-hydrogen) atoms. The third-order valence-corrected chi connectivity index (χ3v) is 5.64. The van der Waals surface area contributed by atoms with E-state index in [1.54, 1.807) is 0 Å². The van der Waals surface area contributed by atoms with Gasteiger partial charge in [-0.05, 0) is 59.6 Å². The highest BCUT2D eigenvalue weighted by atomic mass is 79.9. The summed E-state index contributed by atoms with van der Waals surface area (Å²) in [5.74, 6) is 0.0100. The lowest BCUT2D eigenvalue weighted by Crippen LogP contribution is -2.36. The van der Waals surface area contributed by atoms with E-state index >= 15 is 0 Å². The first-order chi connectivity index (χ1) is 10.7. The number of hydrogen-bond acceptors (Lipinski definition) is 3. The van der Waals surface area contributed by atoms with Crippen molar-refractivity contribution in [1.29, 1.82) is 0 Å². The highest BCUT2D eigenvalue weighted by Gasteiger charge is 2.24. The Labute approximate surface area is 143 Å². The van der Waals surface area contributed by atoms with Crippen LogP contribution in [0.3, 0.4) is 0 Å². The largest absolute Gasteiger partial charge is 0.349 e. The van der Waals surface area contributed by atoms with Crippen molar-refractivity contribution in [3.8, 4) is 0 Å². The van der Waals surface area contributed by atoms with Crippen molar-refractivity contribution in [2.24, 2.45) is 0 Å². The van der Waals surface area contributed by atoms with Crippen LogP contribution in [-0.4, -0.2) is 30.4 Å². The number of likely N-dealkylation sites (tertiary alicyclic amines) is 1. The predicted molar refractivity (Wildman–Crippen MR) is 94.3 cm³/mol. The first-order valence-corrected chi connectivity index (χ1v) is 9.17. The quantitative estimate of drug-likeness (QED) is 0.849. The van der Waals surface area contributed by atoms with Crippen molar-refractivity contribution in [2.75, 3.05) is 19.6 Å². The number of hydrogen-bond donors (Lipinski definition) is 1. The summed E-state index contributed by atoms with van der Waals surface area (Å²) in [6.45, 7) is 2.87. The van der Waals surface area contributed by atoms with Crippen LogP contribution in [0.2, 0.25) is 0 Å². The fourth-order valence-corrected chi connectivity index (χ4v) is 4.20. The van der Waals surface area contributed by atoms with Gasteiger partial charge < -0.3 is 5.32 Å². The zero-order chi connectivity index (χ0) is 15.4. The number of nitrogens with zero attached hydrogens (tertiary/aromatic N) is 1. The van der Waals surface area contributed by atoms with Crippen molar-refractivity contribution in [2.45, 2.75) is 18.9 Å². The van der Waals surface area contributed by atoms with Crippen LogP contribution < -0.4 is 5.32 Å². The van der Waals surface area contributed by atoms with Crippen molar-refractivity contribution in [3.05, 3.63) is 56.7 Å². The maximum Gasteiger partial charge on any atom is 0.261 e. The van der Waals surface area contributed by atoms with Crippen LogP contribution in [0, 0.1) is 0 Å². The lowest BCUT2D eigenvalue weighted by atomic mass is 10.1. The fraction of sp³-hybridized carbons (Fsp3) is 0.353. The molecule has 3 rings (SSSR count). The second-order valence-electron chi connectivity index (χ2n) is 5.48. The maximum absolute atomic E-state index is 12.3. The first kappa shape index (κ1) is 15.7. The van der Waals surface area contributed by atoms with Gasteiger partial charge in [-0.15, -0.1) is 11.3 Å². The number of carbonyl (C=O) groups is 1. The summed E-state index contributed by atoms with van der Waals surface area (Å²) in [6.07, 6.45) is 2.49. The molecule has 116 valence electrons. The maximum atomic E-state index is 12.3. The van der Waals surface area contributed by atoms with Crippen LogP contribution in [0.4, 0.5) is 0 Å². The van der Waals surface area contributed by atoms with E-state index in [1.807, 2.05) is 18.2 Å². The summed E-state index contributed by atoms with van der Waals surface area (Å²) in [6, 6.07) is 14.5. The Balaban J connectivity index is 1.69. The van der Waals surface area contributed by atoms with Gasteiger partial charge in [0.05, 0.1) is 14.7 Å². The van der Waals surface area contributed by atoms with E-state index in [2.05, 4.69) is 50.4 Å². The molecule has 1 aliphatic rings. The minimum atomic E-state index is 0.0100. The molecule has 1 N–H and O–H groups in total. The molecule has 1 fully saturated rings. The van der Waals surface area contributed by atoms with Gasteiger partial charge in [0.1, 0.15) is 0 Å². The highest BCUT2D eigenvalue weighted by Crippen LogP contribution is 2.25. The Morgan fingerprint density at radius 1 is 1.18 bits per heavy atom. The first-order valence-electron chi connectivity index (χ1n) is 7.56. The van der Waals surface area contributed by atoms with E-state index in [4.69, 9.17) is 0 Å². The number of thiophene rings is 1. The Bertz CT molecular complexity index is 623. The normalized spacial score (nSPS) is 16.6. The summed E-state index contributed by atoms with van der Waals surface area (Å²) in [7, 11) is 0. The number of rotatable bonds is 5. The van der Waals surface area contributed by atoms with Crippen molar-refractivity contribution in [1.82, 2.24) is 10.2 Å². The van der Waals surface area contributed by atoms with E-state index in [9.17, 15) is 4.79 Å².